The number of rotatable bonds is 13. The minimum atomic E-state index is -0.279. The van der Waals surface area contributed by atoms with Crippen molar-refractivity contribution in [2.24, 2.45) is 9.98 Å². The Bertz CT molecular complexity index is 1680. The SMILES string of the molecule is C=C(/C=C\c1[nH]nc(-c2ccc(F)cc2)c1C)NC=O.C\C=C/C(=C\C=C\N1CCN(C(=O)CCN2CCC(OC)C2)CC1)C1=NC=CC=NC1. The van der Waals surface area contributed by atoms with Gasteiger partial charge in [-0.15, -0.1) is 0 Å². The predicted molar refractivity (Wildman–Crippen MR) is 203 cm³/mol. The molecule has 1 unspecified atom stereocenters. The minimum Gasteiger partial charge on any atom is -0.380 e. The Hall–Kier alpha value is -5.20. The molecule has 2 N–H and O–H groups in total. The fourth-order valence-electron chi connectivity index (χ4n) is 5.77. The number of aromatic amines is 1. The highest BCUT2D eigenvalue weighted by molar-refractivity contribution is 6.05. The average Bonchev–Trinajstić information content (AvgIpc) is 3.66. The van der Waals surface area contributed by atoms with Gasteiger partial charge in [0.15, 0.2) is 0 Å². The lowest BCUT2D eigenvalue weighted by Gasteiger charge is -2.34. The van der Waals surface area contributed by atoms with Crippen LogP contribution in [0, 0.1) is 12.7 Å². The van der Waals surface area contributed by atoms with Gasteiger partial charge in [-0.1, -0.05) is 24.8 Å². The normalized spacial score (nSPS) is 18.3. The number of benzene rings is 1. The largest absolute Gasteiger partial charge is 0.380 e. The van der Waals surface area contributed by atoms with E-state index in [1.54, 1.807) is 43.8 Å². The average molecular weight is 697 g/mol. The standard InChI is InChI=1S/C24H35N5O2.C15H14FN3O/c1-3-6-21(23-19-25-10-5-11-26-23)7-4-12-27-15-17-29(18-16-27)24(30)9-14-28-13-8-22(20-28)31-2;1-10(17-9-20)3-8-14-11(2)15(19-18-14)12-4-6-13(16)7-5-12/h3-7,10-12,22H,8-9,13-20H2,1-2H3;3-9H,1H2,2H3,(H,17,20)(H,18,19)/b6-3-,12-4+,21-7+;8-3-. The van der Waals surface area contributed by atoms with Crippen molar-refractivity contribution < 1.29 is 18.7 Å². The summed E-state index contributed by atoms with van der Waals surface area (Å²) < 4.78 is 18.3. The van der Waals surface area contributed by atoms with Crippen molar-refractivity contribution in [1.82, 2.24) is 30.2 Å². The third-order valence-corrected chi connectivity index (χ3v) is 8.73. The third kappa shape index (κ3) is 12.3. The third-order valence-electron chi connectivity index (χ3n) is 8.73. The Labute approximate surface area is 300 Å². The number of hydrogen-bond donors (Lipinski definition) is 2. The molecule has 0 radical (unpaired) electrons. The molecule has 3 aliphatic heterocycles. The number of aromatic nitrogens is 2. The molecular weight excluding hydrogens is 647 g/mol. The molecule has 2 saturated heterocycles. The lowest BCUT2D eigenvalue weighted by Crippen LogP contribution is -2.47. The molecule has 4 heterocycles. The second-order valence-corrected chi connectivity index (χ2v) is 12.2. The summed E-state index contributed by atoms with van der Waals surface area (Å²) in [6.45, 7) is 14.2. The first-order valence-corrected chi connectivity index (χ1v) is 17.2. The number of halogens is 1. The van der Waals surface area contributed by atoms with E-state index in [9.17, 15) is 14.0 Å². The van der Waals surface area contributed by atoms with E-state index < -0.39 is 0 Å². The van der Waals surface area contributed by atoms with Gasteiger partial charge in [0.1, 0.15) is 5.82 Å². The Morgan fingerprint density at radius 3 is 2.65 bits per heavy atom. The van der Waals surface area contributed by atoms with Crippen LogP contribution in [0.2, 0.25) is 0 Å². The molecule has 0 saturated carbocycles. The topological polar surface area (TPSA) is 119 Å². The molecule has 270 valence electrons. The van der Waals surface area contributed by atoms with E-state index in [1.807, 2.05) is 30.9 Å². The van der Waals surface area contributed by atoms with Crippen molar-refractivity contribution in [3.63, 3.8) is 0 Å². The number of aliphatic imine (C=N–C) groups is 2. The smallest absolute Gasteiger partial charge is 0.223 e. The summed E-state index contributed by atoms with van der Waals surface area (Å²) in [6.07, 6.45) is 21.7. The Morgan fingerprint density at radius 2 is 1.94 bits per heavy atom. The van der Waals surface area contributed by atoms with Gasteiger partial charge in [0.2, 0.25) is 12.3 Å². The Kier molecular flexibility index (Phi) is 15.5. The Balaban J connectivity index is 0.000000251. The molecule has 0 aliphatic carbocycles. The monoisotopic (exact) mass is 696 g/mol. The van der Waals surface area contributed by atoms with Gasteiger partial charge in [-0.3, -0.25) is 24.7 Å². The van der Waals surface area contributed by atoms with Crippen molar-refractivity contribution in [2.75, 3.05) is 59.5 Å². The summed E-state index contributed by atoms with van der Waals surface area (Å²) in [5, 5.41) is 9.56. The number of H-pyrrole nitrogens is 1. The van der Waals surface area contributed by atoms with Crippen LogP contribution in [0.15, 0.2) is 101 Å². The number of hydrogen-bond acceptors (Lipinski definition) is 8. The molecule has 0 bridgehead atoms. The zero-order chi connectivity index (χ0) is 36.4. The maximum absolute atomic E-state index is 12.9. The van der Waals surface area contributed by atoms with Crippen molar-refractivity contribution in [2.45, 2.75) is 32.8 Å². The van der Waals surface area contributed by atoms with Crippen LogP contribution >= 0.6 is 0 Å². The fourth-order valence-corrected chi connectivity index (χ4v) is 5.77. The van der Waals surface area contributed by atoms with E-state index in [-0.39, 0.29) is 11.7 Å². The first-order chi connectivity index (χ1) is 24.8. The highest BCUT2D eigenvalue weighted by Gasteiger charge is 2.24. The van der Waals surface area contributed by atoms with E-state index in [4.69, 9.17) is 4.74 Å². The van der Waals surface area contributed by atoms with Gasteiger partial charge in [-0.05, 0) is 80.6 Å². The van der Waals surface area contributed by atoms with Crippen LogP contribution in [0.5, 0.6) is 0 Å². The van der Waals surface area contributed by atoms with Gasteiger partial charge in [-0.25, -0.2) is 4.39 Å². The number of nitrogens with one attached hydrogen (secondary N) is 2. The zero-order valence-electron chi connectivity index (χ0n) is 29.8. The quantitative estimate of drug-likeness (QED) is 0.223. The molecule has 1 aromatic carbocycles. The van der Waals surface area contributed by atoms with Gasteiger partial charge in [-0.2, -0.15) is 5.10 Å². The van der Waals surface area contributed by atoms with E-state index in [0.29, 0.717) is 31.2 Å². The lowest BCUT2D eigenvalue weighted by atomic mass is 10.1. The molecule has 2 amide bonds. The number of methoxy groups -OCH3 is 1. The first kappa shape index (κ1) is 38.6. The molecule has 1 aromatic heterocycles. The highest BCUT2D eigenvalue weighted by atomic mass is 19.1. The molecule has 12 heteroatoms. The van der Waals surface area contributed by atoms with Crippen LogP contribution in [0.1, 0.15) is 31.0 Å². The number of piperazine rings is 1. The van der Waals surface area contributed by atoms with E-state index >= 15 is 0 Å². The van der Waals surface area contributed by atoms with Gasteiger partial charge in [0.05, 0.1) is 29.7 Å². The maximum Gasteiger partial charge on any atom is 0.223 e. The Morgan fingerprint density at radius 1 is 1.16 bits per heavy atom. The van der Waals surface area contributed by atoms with E-state index in [0.717, 1.165) is 86.0 Å². The molecule has 2 fully saturated rings. The molecule has 1 atom stereocenters. The van der Waals surface area contributed by atoms with Gasteiger partial charge in [0, 0.05) is 88.6 Å². The fraction of sp³-hybridized carbons (Fsp3) is 0.359. The van der Waals surface area contributed by atoms with Crippen molar-refractivity contribution in [3.8, 4) is 11.3 Å². The summed E-state index contributed by atoms with van der Waals surface area (Å²) in [6, 6.07) is 6.15. The number of ether oxygens (including phenoxy) is 1. The number of nitrogens with zero attached hydrogens (tertiary/aromatic N) is 6. The van der Waals surface area contributed by atoms with Gasteiger partial charge in [0.25, 0.3) is 0 Å². The van der Waals surface area contributed by atoms with Crippen LogP contribution in [-0.2, 0) is 14.3 Å². The molecular formula is C39H49FN8O3. The summed E-state index contributed by atoms with van der Waals surface area (Å²) >= 11 is 0. The van der Waals surface area contributed by atoms with Gasteiger partial charge < -0.3 is 24.8 Å². The van der Waals surface area contributed by atoms with Crippen molar-refractivity contribution >= 4 is 30.3 Å². The van der Waals surface area contributed by atoms with Crippen LogP contribution in [0.25, 0.3) is 17.3 Å². The maximum atomic E-state index is 12.9. The molecule has 51 heavy (non-hydrogen) atoms. The minimum absolute atomic E-state index is 0.264. The van der Waals surface area contributed by atoms with Gasteiger partial charge >= 0.3 is 0 Å². The molecule has 2 aromatic rings. The number of allylic oxidation sites excluding steroid dienone is 6. The van der Waals surface area contributed by atoms with E-state index in [2.05, 4.69) is 66.3 Å². The summed E-state index contributed by atoms with van der Waals surface area (Å²) in [5.41, 5.74) is 5.84. The summed E-state index contributed by atoms with van der Waals surface area (Å²) in [4.78, 5) is 38.2. The number of carbonyl (C=O) groups excluding carboxylic acids is 2. The van der Waals surface area contributed by atoms with Crippen molar-refractivity contribution in [1.29, 1.82) is 0 Å². The van der Waals surface area contributed by atoms with Crippen LogP contribution in [0.4, 0.5) is 4.39 Å². The first-order valence-electron chi connectivity index (χ1n) is 17.2. The second kappa shape index (κ2) is 20.5. The lowest BCUT2D eigenvalue weighted by molar-refractivity contribution is -0.132. The predicted octanol–water partition coefficient (Wildman–Crippen LogP) is 5.09. The molecule has 0 spiro atoms. The number of likely N-dealkylation sites (tertiary alicyclic amines) is 1. The van der Waals surface area contributed by atoms with Crippen LogP contribution < -0.4 is 5.32 Å². The van der Waals surface area contributed by atoms with E-state index in [1.165, 1.54) is 12.1 Å². The molecule has 5 rings (SSSR count). The molecule has 11 nitrogen and oxygen atoms in total. The number of amides is 2. The highest BCUT2D eigenvalue weighted by Crippen LogP contribution is 2.24. The van der Waals surface area contributed by atoms with Crippen LogP contribution in [0.3, 0.4) is 0 Å². The molecule has 3 aliphatic rings. The number of carbonyl (C=O) groups is 2. The second-order valence-electron chi connectivity index (χ2n) is 12.2. The summed E-state index contributed by atoms with van der Waals surface area (Å²) in [5.74, 6) is -0.0157. The summed E-state index contributed by atoms with van der Waals surface area (Å²) in [7, 11) is 1.77. The van der Waals surface area contributed by atoms with Crippen LogP contribution in [-0.4, -0.2) is 115 Å². The zero-order valence-corrected chi connectivity index (χ0v) is 29.8. The van der Waals surface area contributed by atoms with Crippen molar-refractivity contribution in [3.05, 3.63) is 108 Å².